The summed E-state index contributed by atoms with van der Waals surface area (Å²) in [7, 11) is 0. The molecule has 0 bridgehead atoms. The Balaban J connectivity index is 2.03. The molecule has 92 valence electrons. The Morgan fingerprint density at radius 1 is 1.41 bits per heavy atom. The monoisotopic (exact) mass is 233 g/mol. The SMILES string of the molecule is CC(C)(CCO)NCc1ccc2nc[nH]c2c1. The molecule has 0 unspecified atom stereocenters. The average molecular weight is 233 g/mol. The molecule has 0 atom stereocenters. The fourth-order valence-corrected chi connectivity index (χ4v) is 1.80. The van der Waals surface area contributed by atoms with Crippen molar-refractivity contribution >= 4 is 11.0 Å². The van der Waals surface area contributed by atoms with Crippen LogP contribution in [-0.2, 0) is 6.54 Å². The molecule has 1 heterocycles. The van der Waals surface area contributed by atoms with Gasteiger partial charge in [-0.1, -0.05) is 6.07 Å². The summed E-state index contributed by atoms with van der Waals surface area (Å²) in [4.78, 5) is 7.29. The highest BCUT2D eigenvalue weighted by atomic mass is 16.3. The highest BCUT2D eigenvalue weighted by molar-refractivity contribution is 5.74. The van der Waals surface area contributed by atoms with Crippen LogP contribution in [0.3, 0.4) is 0 Å². The van der Waals surface area contributed by atoms with E-state index in [1.165, 1.54) is 5.56 Å². The number of aliphatic hydroxyl groups is 1. The molecule has 0 radical (unpaired) electrons. The molecule has 2 aromatic rings. The molecule has 2 rings (SSSR count). The Kier molecular flexibility index (Phi) is 3.45. The maximum absolute atomic E-state index is 8.96. The van der Waals surface area contributed by atoms with E-state index in [2.05, 4.69) is 41.3 Å². The second-order valence-corrected chi connectivity index (χ2v) is 4.97. The number of nitrogens with one attached hydrogen (secondary N) is 2. The largest absolute Gasteiger partial charge is 0.396 e. The molecule has 1 aromatic carbocycles. The molecular formula is C13H19N3O. The first-order chi connectivity index (χ1) is 8.11. The lowest BCUT2D eigenvalue weighted by Crippen LogP contribution is -2.39. The maximum Gasteiger partial charge on any atom is 0.0931 e. The predicted molar refractivity (Wildman–Crippen MR) is 68.7 cm³/mol. The van der Waals surface area contributed by atoms with Crippen LogP contribution in [0.5, 0.6) is 0 Å². The van der Waals surface area contributed by atoms with E-state index in [9.17, 15) is 0 Å². The van der Waals surface area contributed by atoms with Gasteiger partial charge in [0, 0.05) is 18.7 Å². The first-order valence-corrected chi connectivity index (χ1v) is 5.89. The molecule has 0 aliphatic carbocycles. The van der Waals surface area contributed by atoms with E-state index in [0.29, 0.717) is 0 Å². The van der Waals surface area contributed by atoms with Gasteiger partial charge < -0.3 is 15.4 Å². The number of rotatable bonds is 5. The standard InChI is InChI=1S/C13H19N3O/c1-13(2,5-6-17)16-8-10-3-4-11-12(7-10)15-9-14-11/h3-4,7,9,16-17H,5-6,8H2,1-2H3,(H,14,15). The Morgan fingerprint density at radius 2 is 2.24 bits per heavy atom. The van der Waals surface area contributed by atoms with E-state index >= 15 is 0 Å². The smallest absolute Gasteiger partial charge is 0.0931 e. The van der Waals surface area contributed by atoms with Crippen LogP contribution >= 0.6 is 0 Å². The van der Waals surface area contributed by atoms with Gasteiger partial charge in [0.15, 0.2) is 0 Å². The van der Waals surface area contributed by atoms with E-state index in [1.54, 1.807) is 6.33 Å². The normalized spacial score (nSPS) is 12.2. The molecule has 17 heavy (non-hydrogen) atoms. The molecule has 0 aliphatic rings. The third-order valence-corrected chi connectivity index (χ3v) is 2.99. The predicted octanol–water partition coefficient (Wildman–Crippen LogP) is 1.81. The van der Waals surface area contributed by atoms with Gasteiger partial charge >= 0.3 is 0 Å². The van der Waals surface area contributed by atoms with Gasteiger partial charge in [0.2, 0.25) is 0 Å². The fraction of sp³-hybridized carbons (Fsp3) is 0.462. The van der Waals surface area contributed by atoms with Crippen molar-refractivity contribution < 1.29 is 5.11 Å². The topological polar surface area (TPSA) is 60.9 Å². The minimum absolute atomic E-state index is 0.0440. The first-order valence-electron chi connectivity index (χ1n) is 5.89. The van der Waals surface area contributed by atoms with Crippen molar-refractivity contribution in [3.05, 3.63) is 30.1 Å². The quantitative estimate of drug-likeness (QED) is 0.738. The number of nitrogens with zero attached hydrogens (tertiary/aromatic N) is 1. The number of benzene rings is 1. The molecule has 0 aliphatic heterocycles. The summed E-state index contributed by atoms with van der Waals surface area (Å²) in [5.74, 6) is 0. The van der Waals surface area contributed by atoms with E-state index in [1.807, 2.05) is 6.07 Å². The van der Waals surface area contributed by atoms with Gasteiger partial charge in [-0.05, 0) is 38.0 Å². The number of hydrogen-bond acceptors (Lipinski definition) is 3. The van der Waals surface area contributed by atoms with Crippen molar-refractivity contribution in [3.8, 4) is 0 Å². The second-order valence-electron chi connectivity index (χ2n) is 4.97. The highest BCUT2D eigenvalue weighted by Crippen LogP contribution is 2.13. The van der Waals surface area contributed by atoms with E-state index in [0.717, 1.165) is 24.0 Å². The molecule has 0 spiro atoms. The lowest BCUT2D eigenvalue weighted by molar-refractivity contribution is 0.230. The fourth-order valence-electron chi connectivity index (χ4n) is 1.80. The van der Waals surface area contributed by atoms with Crippen LogP contribution in [0.2, 0.25) is 0 Å². The number of fused-ring (bicyclic) bond motifs is 1. The second kappa shape index (κ2) is 4.85. The van der Waals surface area contributed by atoms with Crippen LogP contribution in [-0.4, -0.2) is 27.2 Å². The number of aliphatic hydroxyl groups excluding tert-OH is 1. The third-order valence-electron chi connectivity index (χ3n) is 2.99. The van der Waals surface area contributed by atoms with Crippen LogP contribution in [0.4, 0.5) is 0 Å². The zero-order valence-corrected chi connectivity index (χ0v) is 10.3. The van der Waals surface area contributed by atoms with Crippen LogP contribution in [0.1, 0.15) is 25.8 Å². The van der Waals surface area contributed by atoms with Gasteiger partial charge in [-0.2, -0.15) is 0 Å². The maximum atomic E-state index is 8.96. The minimum atomic E-state index is -0.0440. The van der Waals surface area contributed by atoms with Crippen molar-refractivity contribution in [2.45, 2.75) is 32.4 Å². The van der Waals surface area contributed by atoms with Gasteiger partial charge in [-0.25, -0.2) is 4.98 Å². The Morgan fingerprint density at radius 3 is 3.00 bits per heavy atom. The number of aromatic amines is 1. The van der Waals surface area contributed by atoms with Crippen LogP contribution < -0.4 is 5.32 Å². The summed E-state index contributed by atoms with van der Waals surface area (Å²) in [6, 6.07) is 6.19. The summed E-state index contributed by atoms with van der Waals surface area (Å²) in [5.41, 5.74) is 3.22. The van der Waals surface area contributed by atoms with Gasteiger partial charge in [-0.3, -0.25) is 0 Å². The molecule has 4 heteroatoms. The Bertz CT molecular complexity index is 490. The van der Waals surface area contributed by atoms with Gasteiger partial charge in [0.05, 0.1) is 17.4 Å². The number of aromatic nitrogens is 2. The summed E-state index contributed by atoms with van der Waals surface area (Å²) in [6.45, 7) is 5.19. The molecule has 0 amide bonds. The first kappa shape index (κ1) is 12.1. The summed E-state index contributed by atoms with van der Waals surface area (Å²) in [5, 5.41) is 12.4. The molecule has 3 N–H and O–H groups in total. The summed E-state index contributed by atoms with van der Waals surface area (Å²) in [6.07, 6.45) is 2.46. The van der Waals surface area contributed by atoms with Gasteiger partial charge in [0.25, 0.3) is 0 Å². The highest BCUT2D eigenvalue weighted by Gasteiger charge is 2.15. The van der Waals surface area contributed by atoms with Crippen LogP contribution in [0.15, 0.2) is 24.5 Å². The Labute approximate surface area is 101 Å². The average Bonchev–Trinajstić information content (AvgIpc) is 2.73. The van der Waals surface area contributed by atoms with E-state index in [4.69, 9.17) is 5.11 Å². The van der Waals surface area contributed by atoms with Crippen molar-refractivity contribution in [2.24, 2.45) is 0 Å². The van der Waals surface area contributed by atoms with Crippen molar-refractivity contribution in [2.75, 3.05) is 6.61 Å². The lowest BCUT2D eigenvalue weighted by Gasteiger charge is -2.25. The third kappa shape index (κ3) is 3.05. The van der Waals surface area contributed by atoms with Crippen molar-refractivity contribution in [1.82, 2.24) is 15.3 Å². The van der Waals surface area contributed by atoms with Crippen LogP contribution in [0, 0.1) is 0 Å². The molecule has 0 saturated heterocycles. The zero-order valence-electron chi connectivity index (χ0n) is 10.3. The molecule has 1 aromatic heterocycles. The molecule has 4 nitrogen and oxygen atoms in total. The van der Waals surface area contributed by atoms with Crippen molar-refractivity contribution in [1.29, 1.82) is 0 Å². The van der Waals surface area contributed by atoms with Gasteiger partial charge in [-0.15, -0.1) is 0 Å². The molecule has 0 fully saturated rings. The zero-order chi connectivity index (χ0) is 12.3. The summed E-state index contributed by atoms with van der Waals surface area (Å²) < 4.78 is 0. The number of H-pyrrole nitrogens is 1. The van der Waals surface area contributed by atoms with E-state index < -0.39 is 0 Å². The minimum Gasteiger partial charge on any atom is -0.396 e. The molecular weight excluding hydrogens is 214 g/mol. The van der Waals surface area contributed by atoms with E-state index in [-0.39, 0.29) is 12.1 Å². The van der Waals surface area contributed by atoms with Gasteiger partial charge in [0.1, 0.15) is 0 Å². The summed E-state index contributed by atoms with van der Waals surface area (Å²) >= 11 is 0. The van der Waals surface area contributed by atoms with Crippen LogP contribution in [0.25, 0.3) is 11.0 Å². The molecule has 0 saturated carbocycles. The van der Waals surface area contributed by atoms with Crippen molar-refractivity contribution in [3.63, 3.8) is 0 Å². The lowest BCUT2D eigenvalue weighted by atomic mass is 10.0. The number of imidazole rings is 1. The Hall–Kier alpha value is -1.39. The number of hydrogen-bond donors (Lipinski definition) is 3.